The van der Waals surface area contributed by atoms with Crippen LogP contribution in [0.3, 0.4) is 0 Å². The molecule has 6 nitrogen and oxygen atoms in total. The lowest BCUT2D eigenvalue weighted by Crippen LogP contribution is -2.43. The number of aromatic nitrogens is 4. The Labute approximate surface area is 184 Å². The molecule has 2 aromatic heterocycles. The van der Waals surface area contributed by atoms with Crippen molar-refractivity contribution in [2.75, 3.05) is 6.54 Å². The molecule has 1 saturated heterocycles. The molecule has 0 spiro atoms. The van der Waals surface area contributed by atoms with Gasteiger partial charge in [0.25, 0.3) is 0 Å². The van der Waals surface area contributed by atoms with Gasteiger partial charge in [0.2, 0.25) is 5.91 Å². The van der Waals surface area contributed by atoms with Crippen molar-refractivity contribution in [1.82, 2.24) is 24.9 Å². The molecule has 164 valence electrons. The predicted molar refractivity (Wildman–Crippen MR) is 122 cm³/mol. The number of amides is 1. The zero-order chi connectivity index (χ0) is 21.4. The number of benzene rings is 1. The van der Waals surface area contributed by atoms with Crippen molar-refractivity contribution in [3.8, 4) is 11.1 Å². The maximum atomic E-state index is 13.1. The lowest BCUT2D eigenvalue weighted by molar-refractivity contribution is -0.135. The number of rotatable bonds is 5. The van der Waals surface area contributed by atoms with E-state index in [9.17, 15) is 4.79 Å². The van der Waals surface area contributed by atoms with Gasteiger partial charge in [0.1, 0.15) is 0 Å². The fourth-order valence-electron chi connectivity index (χ4n) is 5.76. The number of carbonyl (C=O) groups excluding carboxylic acids is 1. The Kier molecular flexibility index (Phi) is 5.32. The summed E-state index contributed by atoms with van der Waals surface area (Å²) in [6.07, 6.45) is 13.8. The summed E-state index contributed by atoms with van der Waals surface area (Å²) in [4.78, 5) is 15.3. The average Bonchev–Trinajstić information content (AvgIpc) is 3.48. The van der Waals surface area contributed by atoms with Crippen molar-refractivity contribution in [2.24, 2.45) is 11.8 Å². The van der Waals surface area contributed by atoms with Gasteiger partial charge in [0, 0.05) is 42.2 Å². The Hall–Kier alpha value is -2.63. The van der Waals surface area contributed by atoms with E-state index in [-0.39, 0.29) is 5.54 Å². The first-order valence-electron chi connectivity index (χ1n) is 11.7. The molecule has 1 aliphatic carbocycles. The number of H-pyrrole nitrogens is 1. The van der Waals surface area contributed by atoms with E-state index >= 15 is 0 Å². The predicted octanol–water partition coefficient (Wildman–Crippen LogP) is 5.02. The highest BCUT2D eigenvalue weighted by atomic mass is 16.2. The maximum Gasteiger partial charge on any atom is 0.223 e. The second-order valence-corrected chi connectivity index (χ2v) is 10.2. The van der Waals surface area contributed by atoms with E-state index in [1.54, 1.807) is 0 Å². The zero-order valence-corrected chi connectivity index (χ0v) is 18.7. The SMILES string of the molecule is CC1(C)CC(Cn2ncc3cc(-c4cn[nH]c4)ccc32)CN1C(=O)CC1CCCCC1. The van der Waals surface area contributed by atoms with Crippen LogP contribution in [0, 0.1) is 11.8 Å². The minimum atomic E-state index is -0.0756. The number of likely N-dealkylation sites (tertiary alicyclic amines) is 1. The van der Waals surface area contributed by atoms with Crippen LogP contribution in [0.25, 0.3) is 22.0 Å². The van der Waals surface area contributed by atoms with Crippen molar-refractivity contribution in [1.29, 1.82) is 0 Å². The van der Waals surface area contributed by atoms with Crippen LogP contribution in [-0.4, -0.2) is 42.9 Å². The summed E-state index contributed by atoms with van der Waals surface area (Å²) >= 11 is 0. The number of carbonyl (C=O) groups is 1. The smallest absolute Gasteiger partial charge is 0.223 e. The maximum absolute atomic E-state index is 13.1. The Bertz CT molecular complexity index is 1050. The summed E-state index contributed by atoms with van der Waals surface area (Å²) < 4.78 is 2.12. The summed E-state index contributed by atoms with van der Waals surface area (Å²) in [5.74, 6) is 1.38. The summed E-state index contributed by atoms with van der Waals surface area (Å²) in [5, 5.41) is 12.7. The fraction of sp³-hybridized carbons (Fsp3) is 0.560. The van der Waals surface area contributed by atoms with Crippen molar-refractivity contribution in [2.45, 2.75) is 70.9 Å². The van der Waals surface area contributed by atoms with Crippen LogP contribution in [0.4, 0.5) is 0 Å². The summed E-state index contributed by atoms with van der Waals surface area (Å²) in [6, 6.07) is 6.45. The molecule has 5 rings (SSSR count). The third-order valence-electron chi connectivity index (χ3n) is 7.35. The van der Waals surface area contributed by atoms with Crippen LogP contribution < -0.4 is 0 Å². The molecule has 1 aromatic carbocycles. The minimum absolute atomic E-state index is 0.0756. The van der Waals surface area contributed by atoms with Gasteiger partial charge in [-0.05, 0) is 62.6 Å². The molecule has 2 fully saturated rings. The van der Waals surface area contributed by atoms with Gasteiger partial charge in [-0.15, -0.1) is 0 Å². The van der Waals surface area contributed by atoms with Crippen LogP contribution >= 0.6 is 0 Å². The largest absolute Gasteiger partial charge is 0.337 e. The first-order valence-corrected chi connectivity index (χ1v) is 11.7. The third-order valence-corrected chi connectivity index (χ3v) is 7.35. The topological polar surface area (TPSA) is 66.8 Å². The molecule has 1 amide bonds. The molecule has 1 aliphatic heterocycles. The first-order chi connectivity index (χ1) is 15.0. The molecule has 1 unspecified atom stereocenters. The quantitative estimate of drug-likeness (QED) is 0.631. The molecular formula is C25H33N5O. The molecule has 3 heterocycles. The summed E-state index contributed by atoms with van der Waals surface area (Å²) in [5.41, 5.74) is 3.30. The lowest BCUT2D eigenvalue weighted by Gasteiger charge is -2.33. The van der Waals surface area contributed by atoms with Crippen molar-refractivity contribution in [3.63, 3.8) is 0 Å². The zero-order valence-electron chi connectivity index (χ0n) is 18.7. The van der Waals surface area contributed by atoms with Crippen LogP contribution in [0.5, 0.6) is 0 Å². The third kappa shape index (κ3) is 4.12. The molecule has 1 atom stereocenters. The Balaban J connectivity index is 1.28. The molecule has 0 radical (unpaired) electrons. The van der Waals surface area contributed by atoms with Crippen LogP contribution in [0.2, 0.25) is 0 Å². The van der Waals surface area contributed by atoms with E-state index in [0.29, 0.717) is 17.7 Å². The molecule has 1 N–H and O–H groups in total. The second kappa shape index (κ2) is 8.13. The van der Waals surface area contributed by atoms with Crippen molar-refractivity contribution < 1.29 is 4.79 Å². The van der Waals surface area contributed by atoms with E-state index in [1.165, 1.54) is 32.1 Å². The Morgan fingerprint density at radius 2 is 1.97 bits per heavy atom. The molecule has 1 saturated carbocycles. The van der Waals surface area contributed by atoms with Crippen LogP contribution in [0.1, 0.15) is 58.8 Å². The number of nitrogens with one attached hydrogen (secondary N) is 1. The second-order valence-electron chi connectivity index (χ2n) is 10.2. The van der Waals surface area contributed by atoms with Crippen molar-refractivity contribution in [3.05, 3.63) is 36.8 Å². The monoisotopic (exact) mass is 419 g/mol. The molecule has 6 heteroatoms. The summed E-state index contributed by atoms with van der Waals surface area (Å²) in [6.45, 7) is 6.15. The normalized spacial score (nSPS) is 21.7. The highest BCUT2D eigenvalue weighted by molar-refractivity contribution is 5.84. The van der Waals surface area contributed by atoms with E-state index in [2.05, 4.69) is 56.9 Å². The van der Waals surface area contributed by atoms with Gasteiger partial charge in [0.15, 0.2) is 0 Å². The van der Waals surface area contributed by atoms with Gasteiger partial charge in [-0.2, -0.15) is 10.2 Å². The van der Waals surface area contributed by atoms with E-state index in [1.807, 2.05) is 18.6 Å². The van der Waals surface area contributed by atoms with Gasteiger partial charge in [0.05, 0.1) is 17.9 Å². The minimum Gasteiger partial charge on any atom is -0.337 e. The van der Waals surface area contributed by atoms with Crippen molar-refractivity contribution >= 4 is 16.8 Å². The van der Waals surface area contributed by atoms with Gasteiger partial charge >= 0.3 is 0 Å². The molecular weight excluding hydrogens is 386 g/mol. The van der Waals surface area contributed by atoms with Gasteiger partial charge < -0.3 is 4.90 Å². The first kappa shape index (κ1) is 20.3. The highest BCUT2D eigenvalue weighted by Crippen LogP contribution is 2.36. The van der Waals surface area contributed by atoms with Gasteiger partial charge in [-0.1, -0.05) is 25.3 Å². The Morgan fingerprint density at radius 3 is 2.74 bits per heavy atom. The number of nitrogens with zero attached hydrogens (tertiary/aromatic N) is 4. The number of hydrogen-bond donors (Lipinski definition) is 1. The number of hydrogen-bond acceptors (Lipinski definition) is 3. The van der Waals surface area contributed by atoms with E-state index < -0.39 is 0 Å². The standard InChI is InChI=1S/C25H33N5O/c1-25(2)12-19(16-29(25)24(31)10-18-6-4-3-5-7-18)17-30-23-9-8-20(11-21(23)15-28-30)22-13-26-27-14-22/h8-9,11,13-15,18-19H,3-7,10,12,16-17H2,1-2H3,(H,26,27). The van der Waals surface area contributed by atoms with Gasteiger partial charge in [-0.3, -0.25) is 14.6 Å². The molecule has 31 heavy (non-hydrogen) atoms. The average molecular weight is 420 g/mol. The van der Waals surface area contributed by atoms with E-state index in [4.69, 9.17) is 0 Å². The number of fused-ring (bicyclic) bond motifs is 1. The fourth-order valence-corrected chi connectivity index (χ4v) is 5.76. The lowest BCUT2D eigenvalue weighted by atomic mass is 9.86. The highest BCUT2D eigenvalue weighted by Gasteiger charge is 2.41. The van der Waals surface area contributed by atoms with Gasteiger partial charge in [-0.25, -0.2) is 0 Å². The molecule has 2 aliphatic rings. The summed E-state index contributed by atoms with van der Waals surface area (Å²) in [7, 11) is 0. The van der Waals surface area contributed by atoms with Crippen LogP contribution in [0.15, 0.2) is 36.8 Å². The molecule has 0 bridgehead atoms. The number of aromatic amines is 1. The van der Waals surface area contributed by atoms with Crippen LogP contribution in [-0.2, 0) is 11.3 Å². The van der Waals surface area contributed by atoms with E-state index in [0.717, 1.165) is 48.0 Å². The molecule has 3 aromatic rings. The Morgan fingerprint density at radius 1 is 1.13 bits per heavy atom.